The Balaban J connectivity index is 2.57. The van der Waals surface area contributed by atoms with Crippen LogP contribution in [0.4, 0.5) is 18.3 Å². The molecule has 92 valence electrons. The standard InChI is InChI=1S/C8H13F3N4S/c1-2-3-15(5-8(9,10)11)4-6-13-14-7(12)16-6/h2-5H2,1H3,(H2,12,14). The predicted octanol–water partition coefficient (Wildman–Crippen LogP) is 1.89. The molecule has 1 heterocycles. The van der Waals surface area contributed by atoms with Crippen LogP contribution in [0.2, 0.25) is 0 Å². The largest absolute Gasteiger partial charge is 0.401 e. The average molecular weight is 254 g/mol. The van der Waals surface area contributed by atoms with Gasteiger partial charge >= 0.3 is 6.18 Å². The highest BCUT2D eigenvalue weighted by Crippen LogP contribution is 2.19. The lowest BCUT2D eigenvalue weighted by molar-refractivity contribution is -0.147. The Morgan fingerprint density at radius 1 is 1.38 bits per heavy atom. The van der Waals surface area contributed by atoms with Crippen molar-refractivity contribution in [1.82, 2.24) is 15.1 Å². The maximum Gasteiger partial charge on any atom is 0.401 e. The third-order valence-electron chi connectivity index (χ3n) is 1.78. The molecule has 0 atom stereocenters. The summed E-state index contributed by atoms with van der Waals surface area (Å²) < 4.78 is 36.7. The quantitative estimate of drug-likeness (QED) is 0.871. The number of nitrogen functional groups attached to an aromatic ring is 1. The van der Waals surface area contributed by atoms with E-state index in [9.17, 15) is 13.2 Å². The van der Waals surface area contributed by atoms with E-state index in [1.807, 2.05) is 6.92 Å². The van der Waals surface area contributed by atoms with Gasteiger partial charge in [-0.2, -0.15) is 13.2 Å². The van der Waals surface area contributed by atoms with Gasteiger partial charge in [0.1, 0.15) is 5.01 Å². The highest BCUT2D eigenvalue weighted by Gasteiger charge is 2.30. The van der Waals surface area contributed by atoms with Gasteiger partial charge in [-0.1, -0.05) is 18.3 Å². The molecule has 1 aromatic heterocycles. The number of anilines is 1. The lowest BCUT2D eigenvalue weighted by Crippen LogP contribution is -2.34. The van der Waals surface area contributed by atoms with Crippen molar-refractivity contribution >= 4 is 16.5 Å². The van der Waals surface area contributed by atoms with Crippen LogP contribution in [-0.2, 0) is 6.54 Å². The van der Waals surface area contributed by atoms with Crippen molar-refractivity contribution in [3.05, 3.63) is 5.01 Å². The first-order valence-electron chi connectivity index (χ1n) is 4.77. The second kappa shape index (κ2) is 5.44. The number of rotatable bonds is 5. The summed E-state index contributed by atoms with van der Waals surface area (Å²) in [5, 5.41) is 8.05. The summed E-state index contributed by atoms with van der Waals surface area (Å²) in [5.74, 6) is 0. The van der Waals surface area contributed by atoms with Gasteiger partial charge in [-0.25, -0.2) is 0 Å². The van der Waals surface area contributed by atoms with E-state index in [4.69, 9.17) is 5.73 Å². The summed E-state index contributed by atoms with van der Waals surface area (Å²) in [7, 11) is 0. The number of nitrogens with zero attached hydrogens (tertiary/aromatic N) is 3. The third kappa shape index (κ3) is 4.75. The number of hydrogen-bond donors (Lipinski definition) is 1. The fraction of sp³-hybridized carbons (Fsp3) is 0.750. The molecule has 1 aromatic rings. The van der Waals surface area contributed by atoms with E-state index >= 15 is 0 Å². The zero-order valence-corrected chi connectivity index (χ0v) is 9.61. The van der Waals surface area contributed by atoms with Crippen molar-refractivity contribution in [2.24, 2.45) is 0 Å². The summed E-state index contributed by atoms with van der Waals surface area (Å²) >= 11 is 1.11. The molecule has 0 aromatic carbocycles. The molecule has 0 aliphatic rings. The number of halogens is 3. The fourth-order valence-electron chi connectivity index (χ4n) is 1.31. The molecule has 0 radical (unpaired) electrons. The monoisotopic (exact) mass is 254 g/mol. The van der Waals surface area contributed by atoms with Crippen LogP contribution in [0.5, 0.6) is 0 Å². The van der Waals surface area contributed by atoms with Gasteiger partial charge in [-0.05, 0) is 13.0 Å². The SMILES string of the molecule is CCCN(Cc1nnc(N)s1)CC(F)(F)F. The topological polar surface area (TPSA) is 55.0 Å². The Morgan fingerprint density at radius 2 is 2.06 bits per heavy atom. The molecule has 1 rings (SSSR count). The normalized spacial score (nSPS) is 12.3. The molecule has 0 saturated carbocycles. The minimum absolute atomic E-state index is 0.141. The van der Waals surface area contributed by atoms with E-state index in [0.717, 1.165) is 11.3 Å². The Morgan fingerprint density at radius 3 is 2.50 bits per heavy atom. The molecule has 0 unspecified atom stereocenters. The summed E-state index contributed by atoms with van der Waals surface area (Å²) in [6.45, 7) is 1.42. The van der Waals surface area contributed by atoms with Gasteiger partial charge in [0.25, 0.3) is 0 Å². The minimum Gasteiger partial charge on any atom is -0.374 e. The van der Waals surface area contributed by atoms with Crippen molar-refractivity contribution in [3.8, 4) is 0 Å². The Bertz CT molecular complexity index is 325. The molecule has 0 bridgehead atoms. The molecule has 0 aliphatic heterocycles. The number of nitrogens with two attached hydrogens (primary N) is 1. The van der Waals surface area contributed by atoms with Crippen LogP contribution >= 0.6 is 11.3 Å². The molecule has 8 heteroatoms. The van der Waals surface area contributed by atoms with Crippen LogP contribution in [-0.4, -0.2) is 34.4 Å². The number of alkyl halides is 3. The van der Waals surface area contributed by atoms with E-state index in [-0.39, 0.29) is 11.7 Å². The Kier molecular flexibility index (Phi) is 4.48. The zero-order chi connectivity index (χ0) is 12.2. The summed E-state index contributed by atoms with van der Waals surface area (Å²) in [4.78, 5) is 1.29. The van der Waals surface area contributed by atoms with Crippen molar-refractivity contribution in [3.63, 3.8) is 0 Å². The van der Waals surface area contributed by atoms with Gasteiger partial charge in [0.2, 0.25) is 5.13 Å². The van der Waals surface area contributed by atoms with Crippen LogP contribution in [0.15, 0.2) is 0 Å². The second-order valence-corrected chi connectivity index (χ2v) is 4.45. The Labute approximate surface area is 95.3 Å². The van der Waals surface area contributed by atoms with Crippen LogP contribution < -0.4 is 5.73 Å². The lowest BCUT2D eigenvalue weighted by Gasteiger charge is -2.21. The van der Waals surface area contributed by atoms with Crippen molar-refractivity contribution in [2.75, 3.05) is 18.8 Å². The summed E-state index contributed by atoms with van der Waals surface area (Å²) in [6, 6.07) is 0. The van der Waals surface area contributed by atoms with E-state index in [1.54, 1.807) is 0 Å². The van der Waals surface area contributed by atoms with E-state index < -0.39 is 12.7 Å². The molecule has 2 N–H and O–H groups in total. The average Bonchev–Trinajstić information content (AvgIpc) is 2.48. The molecule has 0 saturated heterocycles. The maximum absolute atomic E-state index is 12.2. The summed E-state index contributed by atoms with van der Waals surface area (Å²) in [6.07, 6.45) is -3.53. The van der Waals surface area contributed by atoms with Crippen LogP contribution in [0.1, 0.15) is 18.4 Å². The van der Waals surface area contributed by atoms with Gasteiger partial charge in [0, 0.05) is 0 Å². The zero-order valence-electron chi connectivity index (χ0n) is 8.79. The maximum atomic E-state index is 12.2. The van der Waals surface area contributed by atoms with E-state index in [2.05, 4.69) is 10.2 Å². The molecular weight excluding hydrogens is 241 g/mol. The fourth-order valence-corrected chi connectivity index (χ4v) is 1.96. The first-order chi connectivity index (χ1) is 7.40. The van der Waals surface area contributed by atoms with E-state index in [1.165, 1.54) is 4.90 Å². The van der Waals surface area contributed by atoms with Gasteiger partial charge in [0.15, 0.2) is 0 Å². The van der Waals surface area contributed by atoms with Gasteiger partial charge in [-0.15, -0.1) is 10.2 Å². The highest BCUT2D eigenvalue weighted by molar-refractivity contribution is 7.15. The van der Waals surface area contributed by atoms with Gasteiger partial charge < -0.3 is 5.73 Å². The number of hydrogen-bond acceptors (Lipinski definition) is 5. The third-order valence-corrected chi connectivity index (χ3v) is 2.52. The molecule has 0 amide bonds. The van der Waals surface area contributed by atoms with E-state index in [0.29, 0.717) is 18.0 Å². The van der Waals surface area contributed by atoms with Gasteiger partial charge in [-0.3, -0.25) is 4.90 Å². The van der Waals surface area contributed by atoms with Crippen LogP contribution in [0.3, 0.4) is 0 Å². The molecule has 0 aliphatic carbocycles. The minimum atomic E-state index is -4.19. The molecule has 0 spiro atoms. The van der Waals surface area contributed by atoms with Crippen LogP contribution in [0, 0.1) is 0 Å². The van der Waals surface area contributed by atoms with Crippen molar-refractivity contribution in [2.45, 2.75) is 26.1 Å². The Hall–Kier alpha value is -0.890. The lowest BCUT2D eigenvalue weighted by atomic mass is 10.4. The predicted molar refractivity (Wildman–Crippen MR) is 55.9 cm³/mol. The smallest absolute Gasteiger partial charge is 0.374 e. The van der Waals surface area contributed by atoms with Crippen LogP contribution in [0.25, 0.3) is 0 Å². The second-order valence-electron chi connectivity index (χ2n) is 3.36. The first kappa shape index (κ1) is 13.2. The molecule has 0 fully saturated rings. The van der Waals surface area contributed by atoms with Gasteiger partial charge in [0.05, 0.1) is 13.1 Å². The molecule has 16 heavy (non-hydrogen) atoms. The van der Waals surface area contributed by atoms with Crippen molar-refractivity contribution in [1.29, 1.82) is 0 Å². The summed E-state index contributed by atoms with van der Waals surface area (Å²) in [5.41, 5.74) is 5.36. The highest BCUT2D eigenvalue weighted by atomic mass is 32.1. The number of aromatic nitrogens is 2. The molecular formula is C8H13F3N4S. The molecule has 4 nitrogen and oxygen atoms in total. The van der Waals surface area contributed by atoms with Crippen molar-refractivity contribution < 1.29 is 13.2 Å². The first-order valence-corrected chi connectivity index (χ1v) is 5.59.